The third-order valence-corrected chi connectivity index (χ3v) is 3.41. The number of fused-ring (bicyclic) bond motifs is 1. The molecule has 0 saturated carbocycles. The zero-order valence-corrected chi connectivity index (χ0v) is 11.7. The Kier molecular flexibility index (Phi) is 3.48. The van der Waals surface area contributed by atoms with E-state index in [2.05, 4.69) is 20.5 Å². The second kappa shape index (κ2) is 5.43. The molecule has 0 bridgehead atoms. The third kappa shape index (κ3) is 2.42. The molecule has 4 nitrogen and oxygen atoms in total. The van der Waals surface area contributed by atoms with Crippen LogP contribution in [0.3, 0.4) is 0 Å². The first-order chi connectivity index (χ1) is 9.75. The summed E-state index contributed by atoms with van der Waals surface area (Å²) in [4.78, 5) is 4.34. The molecule has 3 rings (SSSR count). The van der Waals surface area contributed by atoms with Crippen molar-refractivity contribution >= 4 is 28.2 Å². The second-order valence-electron chi connectivity index (χ2n) is 4.51. The molecule has 2 aromatic heterocycles. The van der Waals surface area contributed by atoms with Crippen molar-refractivity contribution in [1.82, 2.24) is 15.2 Å². The molecule has 0 aliphatic heterocycles. The highest BCUT2D eigenvalue weighted by Crippen LogP contribution is 2.27. The maximum Gasteiger partial charge on any atom is 0.159 e. The summed E-state index contributed by atoms with van der Waals surface area (Å²) in [5, 5.41) is 13.7. The van der Waals surface area contributed by atoms with Crippen LogP contribution in [0.1, 0.15) is 18.7 Å². The summed E-state index contributed by atoms with van der Waals surface area (Å²) in [6.07, 6.45) is 1.78. The van der Waals surface area contributed by atoms with Crippen LogP contribution in [0.15, 0.2) is 48.7 Å². The number of hydrogen-bond donors (Lipinski definition) is 1. The summed E-state index contributed by atoms with van der Waals surface area (Å²) in [6, 6.07) is 13.7. The Bertz CT molecular complexity index is 730. The molecule has 0 fully saturated rings. The first-order valence-electron chi connectivity index (χ1n) is 6.34. The van der Waals surface area contributed by atoms with Crippen molar-refractivity contribution in [3.05, 3.63) is 59.5 Å². The molecule has 0 aliphatic rings. The molecule has 0 aliphatic carbocycles. The van der Waals surface area contributed by atoms with Gasteiger partial charge in [0.2, 0.25) is 0 Å². The number of nitrogens with zero attached hydrogens (tertiary/aromatic N) is 3. The predicted molar refractivity (Wildman–Crippen MR) is 80.8 cm³/mol. The van der Waals surface area contributed by atoms with E-state index in [0.717, 1.165) is 16.5 Å². The van der Waals surface area contributed by atoms with Crippen molar-refractivity contribution in [2.24, 2.45) is 0 Å². The summed E-state index contributed by atoms with van der Waals surface area (Å²) in [5.41, 5.74) is 0.952. The standard InChI is InChI=1S/C15H13ClN4/c1-10(13-8-4-5-9-17-13)18-15-12-7-3-2-6-11(12)14(16)19-20-15/h2-10H,1H3,(H,18,20)/t10-/m1/s1. The summed E-state index contributed by atoms with van der Waals surface area (Å²) in [6.45, 7) is 2.04. The van der Waals surface area contributed by atoms with Gasteiger partial charge in [-0.1, -0.05) is 41.9 Å². The quantitative estimate of drug-likeness (QED) is 0.794. The van der Waals surface area contributed by atoms with Gasteiger partial charge < -0.3 is 5.32 Å². The van der Waals surface area contributed by atoms with E-state index in [1.807, 2.05) is 49.4 Å². The van der Waals surface area contributed by atoms with Gasteiger partial charge in [0, 0.05) is 17.0 Å². The molecule has 0 saturated heterocycles. The molecule has 3 aromatic rings. The van der Waals surface area contributed by atoms with Crippen molar-refractivity contribution in [3.8, 4) is 0 Å². The molecule has 0 amide bonds. The Hall–Kier alpha value is -2.20. The molecular weight excluding hydrogens is 272 g/mol. The highest BCUT2D eigenvalue weighted by Gasteiger charge is 2.11. The van der Waals surface area contributed by atoms with Gasteiger partial charge in [-0.15, -0.1) is 10.2 Å². The molecule has 100 valence electrons. The molecule has 2 heterocycles. The maximum absolute atomic E-state index is 6.07. The van der Waals surface area contributed by atoms with Crippen molar-refractivity contribution in [3.63, 3.8) is 0 Å². The molecular formula is C15H13ClN4. The average molecular weight is 285 g/mol. The van der Waals surface area contributed by atoms with Crippen LogP contribution in [0, 0.1) is 0 Å². The van der Waals surface area contributed by atoms with Crippen molar-refractivity contribution in [1.29, 1.82) is 0 Å². The van der Waals surface area contributed by atoms with Crippen molar-refractivity contribution in [2.45, 2.75) is 13.0 Å². The van der Waals surface area contributed by atoms with Gasteiger partial charge in [-0.25, -0.2) is 0 Å². The Labute approximate surface area is 121 Å². The van der Waals surface area contributed by atoms with E-state index in [9.17, 15) is 0 Å². The van der Waals surface area contributed by atoms with Crippen molar-refractivity contribution in [2.75, 3.05) is 5.32 Å². The van der Waals surface area contributed by atoms with Gasteiger partial charge in [0.05, 0.1) is 11.7 Å². The molecule has 5 heteroatoms. The molecule has 20 heavy (non-hydrogen) atoms. The zero-order chi connectivity index (χ0) is 13.9. The van der Waals surface area contributed by atoms with Gasteiger partial charge in [0.25, 0.3) is 0 Å². The largest absolute Gasteiger partial charge is 0.360 e. The smallest absolute Gasteiger partial charge is 0.159 e. The van der Waals surface area contributed by atoms with E-state index in [1.165, 1.54) is 0 Å². The monoisotopic (exact) mass is 284 g/mol. The van der Waals surface area contributed by atoms with Gasteiger partial charge in [-0.3, -0.25) is 4.98 Å². The van der Waals surface area contributed by atoms with Gasteiger partial charge in [0.15, 0.2) is 11.0 Å². The van der Waals surface area contributed by atoms with Crippen LogP contribution >= 0.6 is 11.6 Å². The Morgan fingerprint density at radius 3 is 2.50 bits per heavy atom. The lowest BCUT2D eigenvalue weighted by Gasteiger charge is -2.15. The average Bonchev–Trinajstić information content (AvgIpc) is 2.51. The number of benzene rings is 1. The number of rotatable bonds is 3. The van der Waals surface area contributed by atoms with Gasteiger partial charge in [0.1, 0.15) is 0 Å². The van der Waals surface area contributed by atoms with Crippen molar-refractivity contribution < 1.29 is 0 Å². The fourth-order valence-corrected chi connectivity index (χ4v) is 2.29. The molecule has 1 aromatic carbocycles. The minimum Gasteiger partial charge on any atom is -0.360 e. The number of anilines is 1. The highest BCUT2D eigenvalue weighted by atomic mass is 35.5. The lowest BCUT2D eigenvalue weighted by molar-refractivity contribution is 0.826. The first kappa shape index (κ1) is 12.8. The van der Waals surface area contributed by atoms with Crippen LogP contribution in [0.2, 0.25) is 5.15 Å². The van der Waals surface area contributed by atoms with E-state index in [0.29, 0.717) is 11.0 Å². The fourth-order valence-electron chi connectivity index (χ4n) is 2.09. The molecule has 1 N–H and O–H groups in total. The molecule has 0 unspecified atom stereocenters. The Balaban J connectivity index is 1.97. The summed E-state index contributed by atoms with van der Waals surface area (Å²) in [7, 11) is 0. The van der Waals surface area contributed by atoms with E-state index in [-0.39, 0.29) is 6.04 Å². The van der Waals surface area contributed by atoms with Crippen LogP contribution in [0.25, 0.3) is 10.8 Å². The highest BCUT2D eigenvalue weighted by molar-refractivity contribution is 6.34. The van der Waals surface area contributed by atoms with E-state index in [4.69, 9.17) is 11.6 Å². The second-order valence-corrected chi connectivity index (χ2v) is 4.86. The summed E-state index contributed by atoms with van der Waals surface area (Å²) < 4.78 is 0. The number of pyridine rings is 1. The van der Waals surface area contributed by atoms with Gasteiger partial charge in [-0.2, -0.15) is 0 Å². The lowest BCUT2D eigenvalue weighted by Crippen LogP contribution is -2.10. The molecule has 1 atom stereocenters. The summed E-state index contributed by atoms with van der Waals surface area (Å²) in [5.74, 6) is 0.711. The molecule has 0 radical (unpaired) electrons. The Morgan fingerprint density at radius 2 is 1.75 bits per heavy atom. The maximum atomic E-state index is 6.07. The van der Waals surface area contributed by atoms with Crippen LogP contribution in [0.5, 0.6) is 0 Å². The van der Waals surface area contributed by atoms with E-state index >= 15 is 0 Å². The van der Waals surface area contributed by atoms with E-state index in [1.54, 1.807) is 6.20 Å². The number of aromatic nitrogens is 3. The topological polar surface area (TPSA) is 50.7 Å². The number of halogens is 1. The lowest BCUT2D eigenvalue weighted by atomic mass is 10.1. The predicted octanol–water partition coefficient (Wildman–Crippen LogP) is 3.85. The zero-order valence-electron chi connectivity index (χ0n) is 10.9. The number of nitrogens with one attached hydrogen (secondary N) is 1. The minimum absolute atomic E-state index is 0.0371. The van der Waals surface area contributed by atoms with Crippen LogP contribution in [-0.4, -0.2) is 15.2 Å². The number of hydrogen-bond acceptors (Lipinski definition) is 4. The van der Waals surface area contributed by atoms with Crippen LogP contribution < -0.4 is 5.32 Å². The summed E-state index contributed by atoms with van der Waals surface area (Å²) >= 11 is 6.07. The van der Waals surface area contributed by atoms with Gasteiger partial charge in [-0.05, 0) is 19.1 Å². The van der Waals surface area contributed by atoms with Crippen LogP contribution in [-0.2, 0) is 0 Å². The first-order valence-corrected chi connectivity index (χ1v) is 6.72. The minimum atomic E-state index is 0.0371. The van der Waals surface area contributed by atoms with Gasteiger partial charge >= 0.3 is 0 Å². The molecule has 0 spiro atoms. The fraction of sp³-hybridized carbons (Fsp3) is 0.133. The Morgan fingerprint density at radius 1 is 1.00 bits per heavy atom. The third-order valence-electron chi connectivity index (χ3n) is 3.13. The SMILES string of the molecule is C[C@@H](Nc1nnc(Cl)c2ccccc12)c1ccccn1. The van der Waals surface area contributed by atoms with E-state index < -0.39 is 0 Å². The normalized spacial score (nSPS) is 12.3. The van der Waals surface area contributed by atoms with Crippen LogP contribution in [0.4, 0.5) is 5.82 Å².